The van der Waals surface area contributed by atoms with Gasteiger partial charge in [0.1, 0.15) is 0 Å². The quantitative estimate of drug-likeness (QED) is 0.424. The van der Waals surface area contributed by atoms with Crippen LogP contribution in [-0.2, 0) is 6.18 Å². The molecule has 3 aromatic carbocycles. The number of amides is 1. The summed E-state index contributed by atoms with van der Waals surface area (Å²) in [5.74, 6) is -0.126. The second-order valence-corrected chi connectivity index (χ2v) is 8.68. The Labute approximate surface area is 188 Å². The average molecular weight is 452 g/mol. The largest absolute Gasteiger partial charge is 0.416 e. The fourth-order valence-electron chi connectivity index (χ4n) is 4.67. The van der Waals surface area contributed by atoms with Crippen molar-refractivity contribution in [3.63, 3.8) is 0 Å². The van der Waals surface area contributed by atoms with Gasteiger partial charge in [0.15, 0.2) is 0 Å². The number of rotatable bonds is 2. The van der Waals surface area contributed by atoms with E-state index in [0.29, 0.717) is 30.8 Å². The zero-order valence-electron chi connectivity index (χ0n) is 18.1. The number of piperidine rings is 1. The van der Waals surface area contributed by atoms with E-state index in [4.69, 9.17) is 0 Å². The van der Waals surface area contributed by atoms with Crippen molar-refractivity contribution in [1.29, 1.82) is 0 Å². The Morgan fingerprint density at radius 3 is 2.30 bits per heavy atom. The van der Waals surface area contributed by atoms with Crippen molar-refractivity contribution < 1.29 is 23.1 Å². The molecule has 4 aromatic rings. The topological polar surface area (TPSA) is 45.5 Å². The van der Waals surface area contributed by atoms with Crippen LogP contribution in [0.3, 0.4) is 0 Å². The molecule has 170 valence electrons. The van der Waals surface area contributed by atoms with Crippen LogP contribution in [0.15, 0.2) is 60.7 Å². The summed E-state index contributed by atoms with van der Waals surface area (Å²) in [5, 5.41) is 11.7. The Morgan fingerprint density at radius 2 is 1.64 bits per heavy atom. The number of likely N-dealkylation sites (tertiary alicyclic amines) is 1. The molecule has 1 N–H and O–H groups in total. The molecular formula is C26H23F3N2O2. The van der Waals surface area contributed by atoms with Crippen LogP contribution >= 0.6 is 0 Å². The maximum atomic E-state index is 13.1. The summed E-state index contributed by atoms with van der Waals surface area (Å²) in [4.78, 5) is 14.8. The van der Waals surface area contributed by atoms with Crippen LogP contribution in [0.5, 0.6) is 0 Å². The number of aliphatic hydroxyl groups excluding tert-OH is 1. The molecule has 2 heterocycles. The number of carbonyl (C=O) groups excluding carboxylic acids is 1. The molecular weight excluding hydrogens is 429 g/mol. The number of alkyl halides is 3. The van der Waals surface area contributed by atoms with E-state index in [0.717, 1.165) is 45.9 Å². The maximum Gasteiger partial charge on any atom is 0.416 e. The van der Waals surface area contributed by atoms with Gasteiger partial charge in [0, 0.05) is 35.1 Å². The van der Waals surface area contributed by atoms with E-state index in [-0.39, 0.29) is 5.91 Å². The Hall–Kier alpha value is -3.32. The summed E-state index contributed by atoms with van der Waals surface area (Å²) in [7, 11) is 0. The lowest BCUT2D eigenvalue weighted by Crippen LogP contribution is -2.42. The molecule has 0 saturated carbocycles. The first kappa shape index (κ1) is 21.5. The lowest BCUT2D eigenvalue weighted by Gasteiger charge is -2.30. The molecule has 1 saturated heterocycles. The van der Waals surface area contributed by atoms with Crippen LogP contribution in [0.2, 0.25) is 0 Å². The molecule has 1 fully saturated rings. The smallest absolute Gasteiger partial charge is 0.391 e. The van der Waals surface area contributed by atoms with Crippen LogP contribution in [-0.4, -0.2) is 39.7 Å². The molecule has 1 aliphatic rings. The van der Waals surface area contributed by atoms with Gasteiger partial charge in [0.25, 0.3) is 5.91 Å². The van der Waals surface area contributed by atoms with Crippen molar-refractivity contribution in [3.8, 4) is 5.69 Å². The number of benzene rings is 3. The summed E-state index contributed by atoms with van der Waals surface area (Å²) >= 11 is 0. The van der Waals surface area contributed by atoms with E-state index < -0.39 is 17.8 Å². The second-order valence-electron chi connectivity index (χ2n) is 8.68. The van der Waals surface area contributed by atoms with Crippen molar-refractivity contribution in [3.05, 3.63) is 77.4 Å². The number of β-amino-alcohol motifs (C(OH)–C–C–N with tert-alkyl or cyclic N) is 1. The minimum absolute atomic E-state index is 0.126. The van der Waals surface area contributed by atoms with Gasteiger partial charge in [-0.1, -0.05) is 11.6 Å². The van der Waals surface area contributed by atoms with Crippen molar-refractivity contribution in [2.24, 2.45) is 0 Å². The molecule has 0 spiro atoms. The third kappa shape index (κ3) is 3.86. The highest BCUT2D eigenvalue weighted by molar-refractivity contribution is 6.11. The summed E-state index contributed by atoms with van der Waals surface area (Å²) in [5.41, 5.74) is 3.16. The van der Waals surface area contributed by atoms with Gasteiger partial charge in [-0.25, -0.2) is 0 Å². The highest BCUT2D eigenvalue weighted by atomic mass is 19.4. The highest BCUT2D eigenvalue weighted by Gasteiger charge is 2.30. The molecule has 0 bridgehead atoms. The monoisotopic (exact) mass is 452 g/mol. The minimum atomic E-state index is -4.40. The zero-order valence-corrected chi connectivity index (χ0v) is 18.1. The van der Waals surface area contributed by atoms with Gasteiger partial charge in [-0.2, -0.15) is 13.2 Å². The Bertz CT molecular complexity index is 1360. The molecule has 5 rings (SSSR count). The molecule has 33 heavy (non-hydrogen) atoms. The number of aromatic nitrogens is 1. The molecule has 1 unspecified atom stereocenters. The van der Waals surface area contributed by atoms with Gasteiger partial charge in [-0.3, -0.25) is 4.79 Å². The summed E-state index contributed by atoms with van der Waals surface area (Å²) < 4.78 is 41.1. The van der Waals surface area contributed by atoms with Crippen molar-refractivity contribution in [2.45, 2.75) is 32.0 Å². The number of nitrogens with zero attached hydrogens (tertiary/aromatic N) is 2. The number of aryl methyl sites for hydroxylation is 1. The number of hydrogen-bond acceptors (Lipinski definition) is 2. The molecule has 1 aliphatic heterocycles. The third-order valence-electron chi connectivity index (χ3n) is 6.30. The van der Waals surface area contributed by atoms with Crippen LogP contribution in [0.25, 0.3) is 27.5 Å². The SMILES string of the molecule is Cc1ccc2c(c1)c1cc(C(=O)N3CCCC(O)C3)ccc1n2-c1ccc(C(F)(F)F)cc1. The number of halogens is 3. The first-order chi connectivity index (χ1) is 15.7. The maximum absolute atomic E-state index is 13.1. The van der Waals surface area contributed by atoms with Crippen LogP contribution in [0.4, 0.5) is 13.2 Å². The van der Waals surface area contributed by atoms with Gasteiger partial charge in [0.05, 0.1) is 22.7 Å². The number of fused-ring (bicyclic) bond motifs is 3. The molecule has 0 aliphatic carbocycles. The first-order valence-electron chi connectivity index (χ1n) is 10.9. The van der Waals surface area contributed by atoms with Gasteiger partial charge < -0.3 is 14.6 Å². The second kappa shape index (κ2) is 7.92. The van der Waals surface area contributed by atoms with E-state index in [1.807, 2.05) is 41.8 Å². The summed E-state index contributed by atoms with van der Waals surface area (Å²) in [6, 6.07) is 16.5. The highest BCUT2D eigenvalue weighted by Crippen LogP contribution is 2.35. The van der Waals surface area contributed by atoms with Crippen molar-refractivity contribution in [1.82, 2.24) is 9.47 Å². The molecule has 1 aromatic heterocycles. The van der Waals surface area contributed by atoms with Gasteiger partial charge in [0.2, 0.25) is 0 Å². The van der Waals surface area contributed by atoms with Crippen molar-refractivity contribution >= 4 is 27.7 Å². The number of carbonyl (C=O) groups is 1. The summed E-state index contributed by atoms with van der Waals surface area (Å²) in [6.45, 7) is 2.91. The molecule has 4 nitrogen and oxygen atoms in total. The zero-order chi connectivity index (χ0) is 23.3. The third-order valence-corrected chi connectivity index (χ3v) is 6.30. The Kier molecular flexibility index (Phi) is 5.16. The number of aliphatic hydroxyl groups is 1. The molecule has 0 radical (unpaired) electrons. The molecule has 7 heteroatoms. The van der Waals surface area contributed by atoms with E-state index in [9.17, 15) is 23.1 Å². The number of hydrogen-bond donors (Lipinski definition) is 1. The van der Waals surface area contributed by atoms with E-state index >= 15 is 0 Å². The molecule has 1 amide bonds. The summed E-state index contributed by atoms with van der Waals surface area (Å²) in [6.07, 6.45) is -3.44. The normalized spacial score (nSPS) is 17.1. The van der Waals surface area contributed by atoms with Crippen LogP contribution in [0.1, 0.15) is 34.3 Å². The minimum Gasteiger partial charge on any atom is -0.391 e. The lowest BCUT2D eigenvalue weighted by atomic mass is 10.0. The predicted molar refractivity (Wildman–Crippen MR) is 122 cm³/mol. The lowest BCUT2D eigenvalue weighted by molar-refractivity contribution is -0.137. The van der Waals surface area contributed by atoms with E-state index in [1.165, 1.54) is 12.1 Å². The van der Waals surface area contributed by atoms with Crippen molar-refractivity contribution in [2.75, 3.05) is 13.1 Å². The Morgan fingerprint density at radius 1 is 0.970 bits per heavy atom. The van der Waals surface area contributed by atoms with Crippen LogP contribution < -0.4 is 0 Å². The fraction of sp³-hybridized carbons (Fsp3) is 0.269. The molecule has 1 atom stereocenters. The van der Waals surface area contributed by atoms with Crippen LogP contribution in [0, 0.1) is 6.92 Å². The first-order valence-corrected chi connectivity index (χ1v) is 10.9. The predicted octanol–water partition coefficient (Wildman–Crippen LogP) is 5.71. The van der Waals surface area contributed by atoms with E-state index in [1.54, 1.807) is 11.0 Å². The Balaban J connectivity index is 1.65. The fourth-order valence-corrected chi connectivity index (χ4v) is 4.67. The van der Waals surface area contributed by atoms with E-state index in [2.05, 4.69) is 0 Å². The standard InChI is InChI=1S/C26H23F3N2O2/c1-16-4-10-23-21(13-16)22-14-17(25(33)30-12-2-3-20(32)15-30)5-11-24(22)31(23)19-8-6-18(7-9-19)26(27,28)29/h4-11,13-14,20,32H,2-3,12,15H2,1H3. The average Bonchev–Trinajstić information content (AvgIpc) is 3.11. The van der Waals surface area contributed by atoms with Gasteiger partial charge in [-0.15, -0.1) is 0 Å². The van der Waals surface area contributed by atoms with Gasteiger partial charge >= 0.3 is 6.18 Å². The van der Waals surface area contributed by atoms with Gasteiger partial charge in [-0.05, 0) is 74.4 Å².